The lowest BCUT2D eigenvalue weighted by molar-refractivity contribution is -0.149. The Morgan fingerprint density at radius 1 is 1.59 bits per heavy atom. The number of carbonyl (C=O) groups is 2. The van der Waals surface area contributed by atoms with Crippen molar-refractivity contribution < 1.29 is 19.1 Å². The largest absolute Gasteiger partial charge is 0.378 e. The molecule has 0 aliphatic carbocycles. The van der Waals surface area contributed by atoms with Gasteiger partial charge < -0.3 is 19.7 Å². The fourth-order valence-electron chi connectivity index (χ4n) is 2.24. The second-order valence-corrected chi connectivity index (χ2v) is 4.61. The summed E-state index contributed by atoms with van der Waals surface area (Å²) in [7, 11) is 1.62. The molecule has 0 saturated carbocycles. The molecule has 0 bridgehead atoms. The molecule has 6 heteroatoms. The van der Waals surface area contributed by atoms with Crippen LogP contribution < -0.4 is 5.32 Å². The van der Waals surface area contributed by atoms with Gasteiger partial charge in [-0.2, -0.15) is 0 Å². The summed E-state index contributed by atoms with van der Waals surface area (Å²) in [4.78, 5) is 24.9. The highest BCUT2D eigenvalue weighted by atomic mass is 16.5. The third kappa shape index (κ3) is 2.28. The summed E-state index contributed by atoms with van der Waals surface area (Å²) < 4.78 is 10.8. The molecule has 0 aromatic heterocycles. The normalized spacial score (nSPS) is 34.0. The number of carbonyl (C=O) groups excluding carboxylic acids is 2. The molecule has 6 nitrogen and oxygen atoms in total. The molecule has 0 spiro atoms. The zero-order chi connectivity index (χ0) is 12.5. The summed E-state index contributed by atoms with van der Waals surface area (Å²) in [6.07, 6.45) is 0.752. The van der Waals surface area contributed by atoms with Gasteiger partial charge in [-0.3, -0.25) is 9.59 Å². The monoisotopic (exact) mass is 242 g/mol. The van der Waals surface area contributed by atoms with E-state index in [9.17, 15) is 9.59 Å². The van der Waals surface area contributed by atoms with Gasteiger partial charge in [0.15, 0.2) is 0 Å². The molecule has 2 heterocycles. The van der Waals surface area contributed by atoms with E-state index in [2.05, 4.69) is 5.32 Å². The van der Waals surface area contributed by atoms with E-state index in [-0.39, 0.29) is 18.4 Å². The Kier molecular flexibility index (Phi) is 3.35. The summed E-state index contributed by atoms with van der Waals surface area (Å²) >= 11 is 0. The zero-order valence-corrected chi connectivity index (χ0v) is 10.2. The SMILES string of the molecule is COC1(CN2C(=O)CNC(=O)C2C)CCOC1. The number of ether oxygens (including phenoxy) is 2. The summed E-state index contributed by atoms with van der Waals surface area (Å²) in [6.45, 7) is 3.32. The maximum absolute atomic E-state index is 11.8. The Labute approximate surface area is 100 Å². The van der Waals surface area contributed by atoms with Gasteiger partial charge in [0.25, 0.3) is 0 Å². The molecule has 96 valence electrons. The standard InChI is InChI=1S/C11H18N2O4/c1-8-10(15)12-5-9(14)13(8)6-11(16-2)3-4-17-7-11/h8H,3-7H2,1-2H3,(H,12,15). The van der Waals surface area contributed by atoms with Crippen LogP contribution >= 0.6 is 0 Å². The Morgan fingerprint density at radius 2 is 2.35 bits per heavy atom. The molecule has 2 aliphatic rings. The van der Waals surface area contributed by atoms with Gasteiger partial charge in [0.05, 0.1) is 19.7 Å². The third-order valence-electron chi connectivity index (χ3n) is 3.54. The van der Waals surface area contributed by atoms with E-state index < -0.39 is 11.6 Å². The second kappa shape index (κ2) is 4.62. The summed E-state index contributed by atoms with van der Waals surface area (Å²) in [5.74, 6) is -0.185. The summed E-state index contributed by atoms with van der Waals surface area (Å²) in [6, 6.07) is -0.441. The van der Waals surface area contributed by atoms with Crippen LogP contribution in [-0.2, 0) is 19.1 Å². The van der Waals surface area contributed by atoms with Gasteiger partial charge in [-0.05, 0) is 6.92 Å². The average molecular weight is 242 g/mol. The van der Waals surface area contributed by atoms with E-state index >= 15 is 0 Å². The lowest BCUT2D eigenvalue weighted by Crippen LogP contribution is -2.61. The third-order valence-corrected chi connectivity index (χ3v) is 3.54. The van der Waals surface area contributed by atoms with E-state index in [0.717, 1.165) is 6.42 Å². The fraction of sp³-hybridized carbons (Fsp3) is 0.818. The van der Waals surface area contributed by atoms with Crippen LogP contribution in [0.25, 0.3) is 0 Å². The minimum absolute atomic E-state index is 0.0691. The maximum Gasteiger partial charge on any atom is 0.242 e. The molecule has 2 aliphatic heterocycles. The molecule has 2 fully saturated rings. The molecule has 2 amide bonds. The zero-order valence-electron chi connectivity index (χ0n) is 10.2. The predicted octanol–water partition coefficient (Wildman–Crippen LogP) is -0.861. The molecule has 2 unspecified atom stereocenters. The van der Waals surface area contributed by atoms with E-state index in [1.807, 2.05) is 0 Å². The smallest absolute Gasteiger partial charge is 0.242 e. The van der Waals surface area contributed by atoms with Gasteiger partial charge in [-0.25, -0.2) is 0 Å². The van der Waals surface area contributed by atoms with Gasteiger partial charge in [0, 0.05) is 20.1 Å². The van der Waals surface area contributed by atoms with Gasteiger partial charge in [0.1, 0.15) is 11.6 Å². The fourth-order valence-corrected chi connectivity index (χ4v) is 2.24. The minimum Gasteiger partial charge on any atom is -0.378 e. The number of hydrogen-bond acceptors (Lipinski definition) is 4. The first-order chi connectivity index (χ1) is 8.08. The van der Waals surface area contributed by atoms with Gasteiger partial charge in [-0.1, -0.05) is 0 Å². The molecule has 0 radical (unpaired) electrons. The molecule has 0 aromatic rings. The summed E-state index contributed by atoms with van der Waals surface area (Å²) in [5, 5.41) is 2.56. The number of hydrogen-bond donors (Lipinski definition) is 1. The highest BCUT2D eigenvalue weighted by Gasteiger charge is 2.41. The average Bonchev–Trinajstić information content (AvgIpc) is 2.79. The van der Waals surface area contributed by atoms with Crippen molar-refractivity contribution in [2.45, 2.75) is 25.0 Å². The molecule has 1 N–H and O–H groups in total. The predicted molar refractivity (Wildman–Crippen MR) is 59.4 cm³/mol. The molecule has 17 heavy (non-hydrogen) atoms. The van der Waals surface area contributed by atoms with Crippen molar-refractivity contribution in [3.05, 3.63) is 0 Å². The molecular formula is C11H18N2O4. The van der Waals surface area contributed by atoms with E-state index in [4.69, 9.17) is 9.47 Å². The Hall–Kier alpha value is -1.14. The summed E-state index contributed by atoms with van der Waals surface area (Å²) in [5.41, 5.74) is -0.457. The lowest BCUT2D eigenvalue weighted by atomic mass is 10.0. The van der Waals surface area contributed by atoms with Crippen molar-refractivity contribution in [1.29, 1.82) is 0 Å². The van der Waals surface area contributed by atoms with Crippen LogP contribution in [0.3, 0.4) is 0 Å². The first kappa shape index (κ1) is 12.3. The molecule has 2 atom stereocenters. The lowest BCUT2D eigenvalue weighted by Gasteiger charge is -2.38. The quantitative estimate of drug-likeness (QED) is 0.699. The van der Waals surface area contributed by atoms with Gasteiger partial charge in [-0.15, -0.1) is 0 Å². The van der Waals surface area contributed by atoms with E-state index in [1.165, 1.54) is 0 Å². The van der Waals surface area contributed by atoms with Crippen LogP contribution in [0.15, 0.2) is 0 Å². The first-order valence-electron chi connectivity index (χ1n) is 5.78. The highest BCUT2D eigenvalue weighted by molar-refractivity contribution is 5.94. The van der Waals surface area contributed by atoms with Crippen molar-refractivity contribution in [1.82, 2.24) is 10.2 Å². The van der Waals surface area contributed by atoms with Crippen LogP contribution in [0, 0.1) is 0 Å². The highest BCUT2D eigenvalue weighted by Crippen LogP contribution is 2.25. The van der Waals surface area contributed by atoms with Crippen molar-refractivity contribution in [3.8, 4) is 0 Å². The van der Waals surface area contributed by atoms with Crippen LogP contribution in [0.5, 0.6) is 0 Å². The van der Waals surface area contributed by atoms with Crippen molar-refractivity contribution >= 4 is 11.8 Å². The van der Waals surface area contributed by atoms with Crippen LogP contribution in [-0.4, -0.2) is 61.8 Å². The van der Waals surface area contributed by atoms with Crippen molar-refractivity contribution in [2.24, 2.45) is 0 Å². The van der Waals surface area contributed by atoms with Gasteiger partial charge in [0.2, 0.25) is 11.8 Å². The van der Waals surface area contributed by atoms with Crippen molar-refractivity contribution in [2.75, 3.05) is 33.4 Å². The molecular weight excluding hydrogens is 224 g/mol. The van der Waals surface area contributed by atoms with Crippen LogP contribution in [0.2, 0.25) is 0 Å². The van der Waals surface area contributed by atoms with Crippen LogP contribution in [0.4, 0.5) is 0 Å². The number of piperazine rings is 1. The number of amides is 2. The Balaban J connectivity index is 2.09. The molecule has 0 aromatic carbocycles. The molecule has 2 rings (SSSR count). The molecule has 2 saturated heterocycles. The van der Waals surface area contributed by atoms with E-state index in [1.54, 1.807) is 18.9 Å². The Bertz CT molecular complexity index is 325. The van der Waals surface area contributed by atoms with Gasteiger partial charge >= 0.3 is 0 Å². The second-order valence-electron chi connectivity index (χ2n) is 4.61. The first-order valence-corrected chi connectivity index (χ1v) is 5.78. The number of rotatable bonds is 3. The Morgan fingerprint density at radius 3 is 2.94 bits per heavy atom. The van der Waals surface area contributed by atoms with Crippen molar-refractivity contribution in [3.63, 3.8) is 0 Å². The number of nitrogens with zero attached hydrogens (tertiary/aromatic N) is 1. The van der Waals surface area contributed by atoms with Crippen LogP contribution in [0.1, 0.15) is 13.3 Å². The maximum atomic E-state index is 11.8. The number of nitrogens with one attached hydrogen (secondary N) is 1. The number of methoxy groups -OCH3 is 1. The topological polar surface area (TPSA) is 67.9 Å². The van der Waals surface area contributed by atoms with E-state index in [0.29, 0.717) is 19.8 Å². The minimum atomic E-state index is -0.457.